The lowest BCUT2D eigenvalue weighted by Crippen LogP contribution is -1.69. The minimum atomic E-state index is 0.167. The summed E-state index contributed by atoms with van der Waals surface area (Å²) in [5.74, 6) is 0.167. The van der Waals surface area contributed by atoms with Gasteiger partial charge in [-0.2, -0.15) is 0 Å². The lowest BCUT2D eigenvalue weighted by molar-refractivity contribution is -0.114. The summed E-state index contributed by atoms with van der Waals surface area (Å²) < 4.78 is 0. The van der Waals surface area contributed by atoms with Gasteiger partial charge in [0.2, 0.25) is 0 Å². The zero-order valence-electron chi connectivity index (χ0n) is 6.91. The molecule has 1 nitrogen and oxygen atoms in total. The van der Waals surface area contributed by atoms with Gasteiger partial charge in [-0.1, -0.05) is 27.7 Å². The maximum atomic E-state index is 9.44. The zero-order valence-corrected chi connectivity index (χ0v) is 6.91. The highest BCUT2D eigenvalue weighted by molar-refractivity contribution is 5.72. The van der Waals surface area contributed by atoms with Gasteiger partial charge in [0, 0.05) is 0 Å². The van der Waals surface area contributed by atoms with Crippen molar-refractivity contribution in [3.05, 3.63) is 0 Å². The molecule has 0 saturated carbocycles. The van der Waals surface area contributed by atoms with Crippen LogP contribution in [0.25, 0.3) is 0 Å². The van der Waals surface area contributed by atoms with E-state index in [0.29, 0.717) is 0 Å². The summed E-state index contributed by atoms with van der Waals surface area (Å²) >= 11 is 0. The predicted octanol–water partition coefficient (Wildman–Crippen LogP) is 2.65. The molecule has 0 aromatic heterocycles. The quantitative estimate of drug-likeness (QED) is 0.478. The second-order valence-electron chi connectivity index (χ2n) is 0.908. The largest absolute Gasteiger partial charge is 0.300 e. The Hall–Kier alpha value is -0.330. The van der Waals surface area contributed by atoms with Crippen LogP contribution >= 0.6 is 0 Å². The first kappa shape index (κ1) is 15.6. The molecule has 0 amide bonds. The van der Waals surface area contributed by atoms with Crippen molar-refractivity contribution in [1.29, 1.82) is 0 Å². The van der Waals surface area contributed by atoms with E-state index in [1.807, 2.05) is 27.7 Å². The number of ketones is 1. The molecular formula is C7H18O. The molecule has 0 fully saturated rings. The average Bonchev–Trinajstić information content (AvgIpc) is 1.75. The molecule has 0 bridgehead atoms. The van der Waals surface area contributed by atoms with E-state index in [-0.39, 0.29) is 5.78 Å². The molecule has 8 heavy (non-hydrogen) atoms. The molecule has 0 aromatic rings. The molecule has 52 valence electrons. The van der Waals surface area contributed by atoms with Crippen molar-refractivity contribution >= 4 is 5.78 Å². The van der Waals surface area contributed by atoms with E-state index in [0.717, 1.165) is 0 Å². The smallest absolute Gasteiger partial charge is 0.126 e. The van der Waals surface area contributed by atoms with Gasteiger partial charge in [-0.25, -0.2) is 0 Å². The van der Waals surface area contributed by atoms with E-state index in [2.05, 4.69) is 0 Å². The Labute approximate surface area is 53.1 Å². The Balaban J connectivity index is -0.0000000542. The summed E-state index contributed by atoms with van der Waals surface area (Å²) in [4.78, 5) is 9.44. The van der Waals surface area contributed by atoms with Gasteiger partial charge in [0.25, 0.3) is 0 Å². The van der Waals surface area contributed by atoms with Gasteiger partial charge in [0.15, 0.2) is 0 Å². The number of hydrogen-bond acceptors (Lipinski definition) is 1. The van der Waals surface area contributed by atoms with Crippen LogP contribution in [0.15, 0.2) is 0 Å². The Morgan fingerprint density at radius 3 is 0.875 bits per heavy atom. The molecule has 0 aliphatic carbocycles. The highest BCUT2D eigenvalue weighted by Gasteiger charge is 1.62. The molecule has 0 saturated heterocycles. The molecule has 0 heterocycles. The Kier molecular flexibility index (Phi) is 58.8. The van der Waals surface area contributed by atoms with E-state index in [1.54, 1.807) is 0 Å². The van der Waals surface area contributed by atoms with Crippen LogP contribution in [0.2, 0.25) is 0 Å². The summed E-state index contributed by atoms with van der Waals surface area (Å²) in [6.07, 6.45) is 0. The van der Waals surface area contributed by atoms with Crippen molar-refractivity contribution in [3.63, 3.8) is 0 Å². The number of carbonyl (C=O) groups excluding carboxylic acids is 1. The third-order valence-electron chi connectivity index (χ3n) is 0. The third-order valence-corrected chi connectivity index (χ3v) is 0. The summed E-state index contributed by atoms with van der Waals surface area (Å²) in [6, 6.07) is 0. The minimum Gasteiger partial charge on any atom is -0.300 e. The van der Waals surface area contributed by atoms with Crippen LogP contribution in [0.5, 0.6) is 0 Å². The maximum Gasteiger partial charge on any atom is 0.126 e. The standard InChI is InChI=1S/C3H6O.2C2H6/c1-3(2)4;2*1-2/h1-2H3;2*1-2H3. The van der Waals surface area contributed by atoms with Gasteiger partial charge in [-0.15, -0.1) is 0 Å². The first-order valence-corrected chi connectivity index (χ1v) is 3.20. The lowest BCUT2D eigenvalue weighted by Gasteiger charge is -1.56. The van der Waals surface area contributed by atoms with Crippen molar-refractivity contribution in [3.8, 4) is 0 Å². The van der Waals surface area contributed by atoms with E-state index in [9.17, 15) is 4.79 Å². The van der Waals surface area contributed by atoms with Gasteiger partial charge in [0.1, 0.15) is 5.78 Å². The molecule has 0 unspecified atom stereocenters. The molecule has 1 heteroatoms. The lowest BCUT2D eigenvalue weighted by atomic mass is 10.6. The second kappa shape index (κ2) is 30.1. The van der Waals surface area contributed by atoms with Gasteiger partial charge >= 0.3 is 0 Å². The van der Waals surface area contributed by atoms with Crippen molar-refractivity contribution in [2.75, 3.05) is 0 Å². The molecule has 0 aromatic carbocycles. The molecule has 0 spiro atoms. The Morgan fingerprint density at radius 1 is 0.875 bits per heavy atom. The number of rotatable bonds is 0. The summed E-state index contributed by atoms with van der Waals surface area (Å²) in [7, 11) is 0. The zero-order chi connectivity index (χ0) is 7.58. The summed E-state index contributed by atoms with van der Waals surface area (Å²) in [5, 5.41) is 0. The topological polar surface area (TPSA) is 17.1 Å². The van der Waals surface area contributed by atoms with Gasteiger partial charge < -0.3 is 4.79 Å². The maximum absolute atomic E-state index is 9.44. The fourth-order valence-electron chi connectivity index (χ4n) is 0. The number of hydrogen-bond donors (Lipinski definition) is 0. The summed E-state index contributed by atoms with van der Waals surface area (Å²) in [5.41, 5.74) is 0. The van der Waals surface area contributed by atoms with Crippen LogP contribution in [0, 0.1) is 0 Å². The van der Waals surface area contributed by atoms with Crippen LogP contribution in [-0.2, 0) is 4.79 Å². The number of Topliss-reactive ketones (excluding diaryl/α,β-unsaturated/α-hetero) is 1. The highest BCUT2D eigenvalue weighted by Crippen LogP contribution is 1.50. The Bertz CT molecular complexity index is 27.4. The molecule has 0 N–H and O–H groups in total. The molecule has 0 aliphatic heterocycles. The molecule has 0 aliphatic rings. The van der Waals surface area contributed by atoms with Crippen molar-refractivity contribution < 1.29 is 4.79 Å². The number of carbonyl (C=O) groups is 1. The highest BCUT2D eigenvalue weighted by atomic mass is 16.1. The fourth-order valence-corrected chi connectivity index (χ4v) is 0. The third kappa shape index (κ3) is 1140. The molecule has 0 radical (unpaired) electrons. The van der Waals surface area contributed by atoms with Crippen LogP contribution < -0.4 is 0 Å². The van der Waals surface area contributed by atoms with E-state index in [4.69, 9.17) is 0 Å². The van der Waals surface area contributed by atoms with Crippen LogP contribution in [0.4, 0.5) is 0 Å². The van der Waals surface area contributed by atoms with E-state index in [1.165, 1.54) is 13.8 Å². The monoisotopic (exact) mass is 118 g/mol. The second-order valence-corrected chi connectivity index (χ2v) is 0.908. The molecule has 0 rings (SSSR count). The molecule has 0 atom stereocenters. The normalized spacial score (nSPS) is 4.75. The Morgan fingerprint density at radius 2 is 0.875 bits per heavy atom. The van der Waals surface area contributed by atoms with Crippen LogP contribution in [0.1, 0.15) is 41.5 Å². The van der Waals surface area contributed by atoms with Gasteiger partial charge in [-0.05, 0) is 13.8 Å². The van der Waals surface area contributed by atoms with Gasteiger partial charge in [0.05, 0.1) is 0 Å². The van der Waals surface area contributed by atoms with Crippen molar-refractivity contribution in [2.24, 2.45) is 0 Å². The van der Waals surface area contributed by atoms with Crippen molar-refractivity contribution in [2.45, 2.75) is 41.5 Å². The first-order valence-electron chi connectivity index (χ1n) is 3.20. The average molecular weight is 118 g/mol. The minimum absolute atomic E-state index is 0.167. The van der Waals surface area contributed by atoms with E-state index < -0.39 is 0 Å². The fraction of sp³-hybridized carbons (Fsp3) is 0.857. The predicted molar refractivity (Wildman–Crippen MR) is 39.1 cm³/mol. The van der Waals surface area contributed by atoms with Crippen LogP contribution in [0.3, 0.4) is 0 Å². The van der Waals surface area contributed by atoms with Gasteiger partial charge in [-0.3, -0.25) is 0 Å². The van der Waals surface area contributed by atoms with Crippen molar-refractivity contribution in [1.82, 2.24) is 0 Å². The molecular weight excluding hydrogens is 100 g/mol. The first-order chi connectivity index (χ1) is 3.73. The van der Waals surface area contributed by atoms with Crippen LogP contribution in [-0.4, -0.2) is 5.78 Å². The SMILES string of the molecule is CC.CC.CC(C)=O. The summed E-state index contributed by atoms with van der Waals surface area (Å²) in [6.45, 7) is 11.1. The van der Waals surface area contributed by atoms with E-state index >= 15 is 0 Å².